The summed E-state index contributed by atoms with van der Waals surface area (Å²) in [5.74, 6) is 0. The summed E-state index contributed by atoms with van der Waals surface area (Å²) in [6.45, 7) is 3.40. The molecule has 1 unspecified atom stereocenters. The first kappa shape index (κ1) is 3.62. The topological polar surface area (TPSA) is 3.01 Å². The van der Waals surface area contributed by atoms with Crippen LogP contribution in [0, 0.1) is 0 Å². The number of rotatable bonds is 0. The maximum atomic E-state index is 3.28. The van der Waals surface area contributed by atoms with Gasteiger partial charge in [-0.3, -0.25) is 0 Å². The van der Waals surface area contributed by atoms with E-state index in [-0.39, 0.29) is 0 Å². The second-order valence-electron chi connectivity index (χ2n) is 1.43. The molecule has 0 aromatic rings. The highest BCUT2D eigenvalue weighted by atomic mass is 79.9. The first-order valence-electron chi connectivity index (χ1n) is 1.73. The van der Waals surface area contributed by atoms with Gasteiger partial charge in [-0.2, -0.15) is 0 Å². The average Bonchev–Trinajstić information content (AvgIpc) is 1.79. The molecule has 2 heteroatoms. The van der Waals surface area contributed by atoms with E-state index in [0.29, 0.717) is 0 Å². The van der Waals surface area contributed by atoms with Gasteiger partial charge in [0.25, 0.3) is 0 Å². The molecular weight excluding hydrogens is 130 g/mol. The summed E-state index contributed by atoms with van der Waals surface area (Å²) in [6.07, 6.45) is 0. The van der Waals surface area contributed by atoms with E-state index in [1.807, 2.05) is 0 Å². The molecule has 2 atom stereocenters. The van der Waals surface area contributed by atoms with Gasteiger partial charge >= 0.3 is 0 Å². The average molecular weight is 136 g/mol. The Hall–Kier alpha value is 0.440. The van der Waals surface area contributed by atoms with Crippen LogP contribution < -0.4 is 0 Å². The Kier molecular flexibility index (Phi) is 0.688. The van der Waals surface area contributed by atoms with Crippen LogP contribution in [0.3, 0.4) is 0 Å². The molecule has 0 spiro atoms. The van der Waals surface area contributed by atoms with Gasteiger partial charge in [-0.15, -0.1) is 0 Å². The van der Waals surface area contributed by atoms with Gasteiger partial charge in [-0.25, -0.2) is 3.93 Å². The molecule has 1 aliphatic rings. The van der Waals surface area contributed by atoms with Crippen molar-refractivity contribution in [1.29, 1.82) is 0 Å². The van der Waals surface area contributed by atoms with Crippen LogP contribution >= 0.6 is 16.1 Å². The zero-order valence-electron chi connectivity index (χ0n) is 3.11. The Balaban J connectivity index is 2.20. The van der Waals surface area contributed by atoms with Crippen molar-refractivity contribution in [3.8, 4) is 0 Å². The van der Waals surface area contributed by atoms with Crippen LogP contribution in [0.4, 0.5) is 0 Å². The number of halogens is 1. The fourth-order valence-electron chi connectivity index (χ4n) is 0.205. The minimum atomic E-state index is 0.801. The van der Waals surface area contributed by atoms with Gasteiger partial charge in [0.1, 0.15) is 0 Å². The van der Waals surface area contributed by atoms with E-state index in [0.717, 1.165) is 6.04 Å². The Morgan fingerprint density at radius 1 is 2.00 bits per heavy atom. The predicted molar refractivity (Wildman–Crippen MR) is 25.1 cm³/mol. The smallest absolute Gasteiger partial charge is 0.0314 e. The van der Waals surface area contributed by atoms with Crippen molar-refractivity contribution in [2.24, 2.45) is 0 Å². The van der Waals surface area contributed by atoms with Crippen LogP contribution in [-0.2, 0) is 0 Å². The maximum Gasteiger partial charge on any atom is 0.0314 e. The Labute approximate surface area is 40.3 Å². The van der Waals surface area contributed by atoms with Crippen LogP contribution in [0.25, 0.3) is 0 Å². The molecule has 0 saturated carbocycles. The van der Waals surface area contributed by atoms with Crippen LogP contribution in [0.15, 0.2) is 0 Å². The van der Waals surface area contributed by atoms with E-state index in [4.69, 9.17) is 0 Å². The minimum Gasteiger partial charge on any atom is -0.237 e. The van der Waals surface area contributed by atoms with Crippen molar-refractivity contribution < 1.29 is 0 Å². The fourth-order valence-corrected chi connectivity index (χ4v) is 0.624. The molecule has 1 aliphatic heterocycles. The summed E-state index contributed by atoms with van der Waals surface area (Å²) in [6, 6.07) is 0.801. The van der Waals surface area contributed by atoms with E-state index in [9.17, 15) is 0 Å². The highest BCUT2D eigenvalue weighted by Gasteiger charge is 2.25. The van der Waals surface area contributed by atoms with E-state index >= 15 is 0 Å². The van der Waals surface area contributed by atoms with Gasteiger partial charge < -0.3 is 0 Å². The van der Waals surface area contributed by atoms with Crippen LogP contribution in [0.5, 0.6) is 0 Å². The first-order chi connectivity index (χ1) is 2.30. The molecular formula is C3H6BrN. The van der Waals surface area contributed by atoms with E-state index in [1.54, 1.807) is 0 Å². The third-order valence-electron chi connectivity index (χ3n) is 0.783. The van der Waals surface area contributed by atoms with Crippen LogP contribution in [-0.4, -0.2) is 16.5 Å². The summed E-state index contributed by atoms with van der Waals surface area (Å²) in [7, 11) is 0. The molecule has 0 aromatic heterocycles. The van der Waals surface area contributed by atoms with Gasteiger partial charge in [-0.05, 0) is 6.92 Å². The Morgan fingerprint density at radius 2 is 2.20 bits per heavy atom. The minimum absolute atomic E-state index is 0.801. The van der Waals surface area contributed by atoms with Crippen molar-refractivity contribution in [1.82, 2.24) is 3.93 Å². The van der Waals surface area contributed by atoms with Gasteiger partial charge in [0.05, 0.1) is 0 Å². The molecule has 1 heterocycles. The van der Waals surface area contributed by atoms with Crippen molar-refractivity contribution in [3.63, 3.8) is 0 Å². The summed E-state index contributed by atoms with van der Waals surface area (Å²) in [5.41, 5.74) is 0. The second kappa shape index (κ2) is 0.949. The maximum absolute atomic E-state index is 3.28. The number of hydrogen-bond acceptors (Lipinski definition) is 1. The van der Waals surface area contributed by atoms with E-state index in [1.165, 1.54) is 6.54 Å². The molecule has 30 valence electrons. The summed E-state index contributed by atoms with van der Waals surface area (Å²) >= 11 is 3.28. The summed E-state index contributed by atoms with van der Waals surface area (Å²) in [4.78, 5) is 0. The standard InChI is InChI=1S/C3H6BrN/c1-3-2-5(3)4/h3H,2H2,1H3/t3-,5?/m1/s1. The van der Waals surface area contributed by atoms with Crippen molar-refractivity contribution in [2.75, 3.05) is 6.54 Å². The SMILES string of the molecule is C[C@@H]1CN1Br. The van der Waals surface area contributed by atoms with E-state index in [2.05, 4.69) is 27.0 Å². The normalized spacial score (nSPS) is 49.2. The molecule has 1 fully saturated rings. The lowest BCUT2D eigenvalue weighted by Crippen LogP contribution is -1.72. The van der Waals surface area contributed by atoms with Crippen LogP contribution in [0.1, 0.15) is 6.92 Å². The first-order valence-corrected chi connectivity index (χ1v) is 2.44. The molecule has 0 bridgehead atoms. The summed E-state index contributed by atoms with van der Waals surface area (Å²) < 4.78 is 2.10. The summed E-state index contributed by atoms with van der Waals surface area (Å²) in [5, 5.41) is 0. The molecule has 0 aliphatic carbocycles. The van der Waals surface area contributed by atoms with E-state index < -0.39 is 0 Å². The number of nitrogens with zero attached hydrogens (tertiary/aromatic N) is 1. The molecule has 0 aromatic carbocycles. The van der Waals surface area contributed by atoms with Gasteiger partial charge in [-0.1, -0.05) is 0 Å². The molecule has 1 nitrogen and oxygen atoms in total. The molecule has 5 heavy (non-hydrogen) atoms. The van der Waals surface area contributed by atoms with Gasteiger partial charge in [0, 0.05) is 28.7 Å². The lowest BCUT2D eigenvalue weighted by Gasteiger charge is -1.71. The molecule has 0 amide bonds. The second-order valence-corrected chi connectivity index (χ2v) is 2.34. The molecule has 0 N–H and O–H groups in total. The lowest BCUT2D eigenvalue weighted by molar-refractivity contribution is 0.875. The highest BCUT2D eigenvalue weighted by molar-refractivity contribution is 9.07. The third-order valence-corrected chi connectivity index (χ3v) is 1.77. The zero-order valence-corrected chi connectivity index (χ0v) is 4.70. The molecule has 1 rings (SSSR count). The number of hydrogen-bond donors (Lipinski definition) is 0. The van der Waals surface area contributed by atoms with Crippen molar-refractivity contribution >= 4 is 16.1 Å². The van der Waals surface area contributed by atoms with Crippen molar-refractivity contribution in [3.05, 3.63) is 0 Å². The molecule has 0 radical (unpaired) electrons. The highest BCUT2D eigenvalue weighted by Crippen LogP contribution is 2.19. The largest absolute Gasteiger partial charge is 0.237 e. The van der Waals surface area contributed by atoms with Gasteiger partial charge in [0.15, 0.2) is 0 Å². The predicted octanol–water partition coefficient (Wildman–Crippen LogP) is 1.00. The Bertz CT molecular complexity index is 40.2. The van der Waals surface area contributed by atoms with Crippen LogP contribution in [0.2, 0.25) is 0 Å². The lowest BCUT2D eigenvalue weighted by atomic mass is 10.6. The quantitative estimate of drug-likeness (QED) is 0.354. The zero-order chi connectivity index (χ0) is 3.86. The Morgan fingerprint density at radius 3 is 2.20 bits per heavy atom. The third kappa shape index (κ3) is 0.637. The van der Waals surface area contributed by atoms with Gasteiger partial charge in [0.2, 0.25) is 0 Å². The monoisotopic (exact) mass is 135 g/mol. The van der Waals surface area contributed by atoms with Crippen molar-refractivity contribution in [2.45, 2.75) is 13.0 Å². The fraction of sp³-hybridized carbons (Fsp3) is 1.00. The molecule has 1 saturated heterocycles.